The summed E-state index contributed by atoms with van der Waals surface area (Å²) >= 11 is 1.64. The molecule has 0 bridgehead atoms. The molecular weight excluding hydrogens is 282 g/mol. The molecule has 21 heavy (non-hydrogen) atoms. The van der Waals surface area contributed by atoms with E-state index in [1.54, 1.807) is 18.7 Å². The second-order valence-corrected chi connectivity index (χ2v) is 6.49. The molecule has 0 aliphatic heterocycles. The predicted octanol–water partition coefficient (Wildman–Crippen LogP) is 3.61. The van der Waals surface area contributed by atoms with Crippen LogP contribution >= 0.6 is 11.8 Å². The molecule has 0 spiro atoms. The maximum atomic E-state index is 11.0. The molecular formula is C16H19N3OS. The minimum atomic E-state index is 0.247. The fourth-order valence-electron chi connectivity index (χ4n) is 2.22. The number of benzene rings is 1. The molecule has 1 aromatic carbocycles. The molecule has 1 fully saturated rings. The standard InChI is InChI=1S/C16H19N3OS/c1-12(20)6-5-11-21-16-17-15(13-9-10-13)19(18-16)14-7-3-2-4-8-14/h2-4,7-8,13H,5-6,9-11H2,1H3. The van der Waals surface area contributed by atoms with Crippen LogP contribution in [0.5, 0.6) is 0 Å². The second-order valence-electron chi connectivity index (χ2n) is 5.43. The molecule has 110 valence electrons. The van der Waals surface area contributed by atoms with E-state index in [2.05, 4.69) is 17.2 Å². The molecule has 1 aliphatic rings. The summed E-state index contributed by atoms with van der Waals surface area (Å²) in [6.07, 6.45) is 3.94. The number of ketones is 1. The Labute approximate surface area is 129 Å². The number of aromatic nitrogens is 3. The first-order chi connectivity index (χ1) is 10.2. The Morgan fingerprint density at radius 2 is 2.10 bits per heavy atom. The number of Topliss-reactive ketones (excluding diaryl/α,β-unsaturated/α-hetero) is 1. The van der Waals surface area contributed by atoms with Gasteiger partial charge >= 0.3 is 0 Å². The van der Waals surface area contributed by atoms with Crippen molar-refractivity contribution in [2.45, 2.75) is 43.7 Å². The van der Waals surface area contributed by atoms with E-state index < -0.39 is 0 Å². The van der Waals surface area contributed by atoms with E-state index in [0.717, 1.165) is 28.8 Å². The van der Waals surface area contributed by atoms with Crippen LogP contribution < -0.4 is 0 Å². The maximum Gasteiger partial charge on any atom is 0.209 e. The van der Waals surface area contributed by atoms with Crippen LogP contribution in [-0.4, -0.2) is 26.3 Å². The van der Waals surface area contributed by atoms with Gasteiger partial charge in [0.05, 0.1) is 5.69 Å². The number of nitrogens with zero attached hydrogens (tertiary/aromatic N) is 3. The van der Waals surface area contributed by atoms with Crippen LogP contribution in [-0.2, 0) is 4.79 Å². The normalized spacial score (nSPS) is 14.3. The zero-order valence-electron chi connectivity index (χ0n) is 12.2. The van der Waals surface area contributed by atoms with Crippen molar-refractivity contribution in [2.24, 2.45) is 0 Å². The highest BCUT2D eigenvalue weighted by Gasteiger charge is 2.30. The Kier molecular flexibility index (Phi) is 4.39. The van der Waals surface area contributed by atoms with Crippen molar-refractivity contribution in [3.8, 4) is 5.69 Å². The number of rotatable bonds is 7. The predicted molar refractivity (Wildman–Crippen MR) is 84.0 cm³/mol. The Hall–Kier alpha value is -1.62. The largest absolute Gasteiger partial charge is 0.300 e. The van der Waals surface area contributed by atoms with Gasteiger partial charge in [-0.2, -0.15) is 0 Å². The van der Waals surface area contributed by atoms with Gasteiger partial charge in [0.1, 0.15) is 11.6 Å². The Bertz CT molecular complexity index is 620. The van der Waals surface area contributed by atoms with Crippen LogP contribution in [0.25, 0.3) is 5.69 Å². The van der Waals surface area contributed by atoms with E-state index in [-0.39, 0.29) is 5.78 Å². The summed E-state index contributed by atoms with van der Waals surface area (Å²) in [6.45, 7) is 1.64. The summed E-state index contributed by atoms with van der Waals surface area (Å²) in [4.78, 5) is 15.6. The average molecular weight is 301 g/mol. The van der Waals surface area contributed by atoms with E-state index >= 15 is 0 Å². The minimum Gasteiger partial charge on any atom is -0.300 e. The van der Waals surface area contributed by atoms with Crippen LogP contribution in [0.4, 0.5) is 0 Å². The number of para-hydroxylation sites is 1. The van der Waals surface area contributed by atoms with E-state index in [9.17, 15) is 4.79 Å². The minimum absolute atomic E-state index is 0.247. The number of carbonyl (C=O) groups is 1. The Balaban J connectivity index is 1.73. The highest BCUT2D eigenvalue weighted by atomic mass is 32.2. The smallest absolute Gasteiger partial charge is 0.209 e. The molecule has 0 N–H and O–H groups in total. The quantitative estimate of drug-likeness (QED) is 0.579. The summed E-state index contributed by atoms with van der Waals surface area (Å²) in [5, 5.41) is 5.47. The van der Waals surface area contributed by atoms with Gasteiger partial charge < -0.3 is 4.79 Å². The first kappa shape index (κ1) is 14.3. The maximum absolute atomic E-state index is 11.0. The number of carbonyl (C=O) groups excluding carboxylic acids is 1. The average Bonchev–Trinajstić information content (AvgIpc) is 3.25. The molecule has 4 nitrogen and oxygen atoms in total. The molecule has 2 aromatic rings. The summed E-state index contributed by atoms with van der Waals surface area (Å²) in [5.74, 6) is 2.78. The number of thioether (sulfide) groups is 1. The first-order valence-electron chi connectivity index (χ1n) is 7.38. The third kappa shape index (κ3) is 3.73. The van der Waals surface area contributed by atoms with Crippen LogP contribution in [0.3, 0.4) is 0 Å². The van der Waals surface area contributed by atoms with Crippen LogP contribution in [0.2, 0.25) is 0 Å². The van der Waals surface area contributed by atoms with E-state index in [0.29, 0.717) is 12.3 Å². The van der Waals surface area contributed by atoms with E-state index in [1.807, 2.05) is 22.9 Å². The van der Waals surface area contributed by atoms with Crippen LogP contribution in [0.15, 0.2) is 35.5 Å². The molecule has 0 radical (unpaired) electrons. The zero-order valence-corrected chi connectivity index (χ0v) is 13.0. The lowest BCUT2D eigenvalue weighted by Crippen LogP contribution is -2.01. The molecule has 1 saturated carbocycles. The summed E-state index contributed by atoms with van der Waals surface area (Å²) in [6, 6.07) is 10.2. The molecule has 1 aromatic heterocycles. The van der Waals surface area contributed by atoms with Gasteiger partial charge in [-0.05, 0) is 38.3 Å². The lowest BCUT2D eigenvalue weighted by molar-refractivity contribution is -0.117. The topological polar surface area (TPSA) is 47.8 Å². The van der Waals surface area contributed by atoms with Crippen molar-refractivity contribution in [2.75, 3.05) is 5.75 Å². The van der Waals surface area contributed by atoms with Crippen molar-refractivity contribution >= 4 is 17.5 Å². The van der Waals surface area contributed by atoms with Crippen LogP contribution in [0.1, 0.15) is 44.3 Å². The second kappa shape index (κ2) is 6.43. The lowest BCUT2D eigenvalue weighted by atomic mass is 10.3. The number of hydrogen-bond acceptors (Lipinski definition) is 4. The molecule has 3 rings (SSSR count). The molecule has 0 saturated heterocycles. The summed E-state index contributed by atoms with van der Waals surface area (Å²) in [7, 11) is 0. The van der Waals surface area contributed by atoms with Gasteiger partial charge in [0.25, 0.3) is 0 Å². The van der Waals surface area contributed by atoms with Crippen LogP contribution in [0, 0.1) is 0 Å². The van der Waals surface area contributed by atoms with E-state index in [1.165, 1.54) is 12.8 Å². The van der Waals surface area contributed by atoms with Gasteiger partial charge in [0, 0.05) is 18.1 Å². The van der Waals surface area contributed by atoms with Gasteiger partial charge in [-0.3, -0.25) is 0 Å². The van der Waals surface area contributed by atoms with Gasteiger partial charge in [0.15, 0.2) is 0 Å². The van der Waals surface area contributed by atoms with Gasteiger partial charge in [-0.1, -0.05) is 30.0 Å². The zero-order chi connectivity index (χ0) is 14.7. The van der Waals surface area contributed by atoms with Crippen molar-refractivity contribution in [1.29, 1.82) is 0 Å². The van der Waals surface area contributed by atoms with Gasteiger partial charge in [-0.25, -0.2) is 9.67 Å². The Morgan fingerprint density at radius 1 is 1.33 bits per heavy atom. The first-order valence-corrected chi connectivity index (χ1v) is 8.37. The van der Waals surface area contributed by atoms with Gasteiger partial charge in [0.2, 0.25) is 5.16 Å². The van der Waals surface area contributed by atoms with Crippen molar-refractivity contribution < 1.29 is 4.79 Å². The monoisotopic (exact) mass is 301 g/mol. The number of hydrogen-bond donors (Lipinski definition) is 0. The lowest BCUT2D eigenvalue weighted by Gasteiger charge is -2.03. The summed E-state index contributed by atoms with van der Waals surface area (Å²) < 4.78 is 1.98. The fraction of sp³-hybridized carbons (Fsp3) is 0.438. The fourth-order valence-corrected chi connectivity index (χ4v) is 2.98. The van der Waals surface area contributed by atoms with Crippen molar-refractivity contribution in [3.05, 3.63) is 36.2 Å². The highest BCUT2D eigenvalue weighted by Crippen LogP contribution is 2.40. The molecule has 0 amide bonds. The molecule has 5 heteroatoms. The SMILES string of the molecule is CC(=O)CCCSc1nc(C2CC2)n(-c2ccccc2)n1. The highest BCUT2D eigenvalue weighted by molar-refractivity contribution is 7.99. The summed E-state index contributed by atoms with van der Waals surface area (Å²) in [5.41, 5.74) is 1.07. The third-order valence-corrected chi connectivity index (χ3v) is 4.38. The third-order valence-electron chi connectivity index (χ3n) is 3.46. The molecule has 1 aliphatic carbocycles. The van der Waals surface area contributed by atoms with Crippen molar-refractivity contribution in [3.63, 3.8) is 0 Å². The van der Waals surface area contributed by atoms with E-state index in [4.69, 9.17) is 4.98 Å². The van der Waals surface area contributed by atoms with Crippen molar-refractivity contribution in [1.82, 2.24) is 14.8 Å². The molecule has 0 unspecified atom stereocenters. The molecule has 1 heterocycles. The van der Waals surface area contributed by atoms with Gasteiger partial charge in [-0.15, -0.1) is 5.10 Å². The molecule has 0 atom stereocenters. The Morgan fingerprint density at radius 3 is 2.76 bits per heavy atom.